The van der Waals surface area contributed by atoms with Crippen molar-refractivity contribution >= 4 is 29.0 Å². The normalized spacial score (nSPS) is 16.6. The molecule has 2 amide bonds. The third-order valence-corrected chi connectivity index (χ3v) is 5.37. The number of halogens is 1. The van der Waals surface area contributed by atoms with Crippen molar-refractivity contribution in [3.63, 3.8) is 0 Å². The number of carbonyl (C=O) groups is 1. The fraction of sp³-hybridized carbons (Fsp3) is 0.353. The van der Waals surface area contributed by atoms with E-state index in [1.54, 1.807) is 12.1 Å². The highest BCUT2D eigenvalue weighted by Gasteiger charge is 2.45. The Balaban J connectivity index is 1.52. The molecule has 1 saturated carbocycles. The van der Waals surface area contributed by atoms with Gasteiger partial charge in [0.25, 0.3) is 0 Å². The van der Waals surface area contributed by atoms with E-state index in [0.29, 0.717) is 11.6 Å². The van der Waals surface area contributed by atoms with Crippen LogP contribution < -0.4 is 10.6 Å². The summed E-state index contributed by atoms with van der Waals surface area (Å²) in [5, 5.41) is 19.1. The highest BCUT2D eigenvalue weighted by Crippen LogP contribution is 2.46. The van der Waals surface area contributed by atoms with Gasteiger partial charge in [-0.1, -0.05) is 29.8 Å². The summed E-state index contributed by atoms with van der Waals surface area (Å²) in [4.78, 5) is 12.9. The van der Waals surface area contributed by atoms with E-state index in [1.165, 1.54) is 11.3 Å². The van der Waals surface area contributed by atoms with Crippen LogP contribution in [-0.4, -0.2) is 17.7 Å². The monoisotopic (exact) mass is 350 g/mol. The average Bonchev–Trinajstić information content (AvgIpc) is 3.27. The Morgan fingerprint density at radius 2 is 2.00 bits per heavy atom. The van der Waals surface area contributed by atoms with Crippen molar-refractivity contribution in [2.45, 2.75) is 25.0 Å². The maximum atomic E-state index is 12.0. The Kier molecular flexibility index (Phi) is 4.90. The largest absolute Gasteiger partial charge is 0.382 e. The zero-order valence-electron chi connectivity index (χ0n) is 12.6. The molecule has 122 valence electrons. The fourth-order valence-electron chi connectivity index (χ4n) is 2.58. The predicted octanol–water partition coefficient (Wildman–Crippen LogP) is 3.50. The number of rotatable bonds is 6. The number of hydrogen-bond donors (Lipinski definition) is 3. The number of nitrogens with one attached hydrogen (secondary N) is 2. The molecule has 1 aliphatic rings. The van der Waals surface area contributed by atoms with Crippen LogP contribution in [0.3, 0.4) is 0 Å². The molecular formula is C17H19ClN2O2S. The van der Waals surface area contributed by atoms with Crippen LogP contribution in [0.5, 0.6) is 0 Å². The Labute approximate surface area is 144 Å². The van der Waals surface area contributed by atoms with Gasteiger partial charge in [0.1, 0.15) is 5.60 Å². The summed E-state index contributed by atoms with van der Waals surface area (Å²) in [6.45, 7) is 0.647. The summed E-state index contributed by atoms with van der Waals surface area (Å²) in [6, 6.07) is 10.9. The molecule has 4 nitrogen and oxygen atoms in total. The molecule has 1 aliphatic carbocycles. The number of hydrogen-bond acceptors (Lipinski definition) is 3. The van der Waals surface area contributed by atoms with E-state index in [2.05, 4.69) is 10.6 Å². The van der Waals surface area contributed by atoms with Crippen LogP contribution in [0.4, 0.5) is 4.79 Å². The minimum atomic E-state index is -0.953. The molecule has 0 aliphatic heterocycles. The molecule has 6 heteroatoms. The number of amides is 2. The molecule has 1 aromatic carbocycles. The molecule has 0 bridgehead atoms. The maximum Gasteiger partial charge on any atom is 0.315 e. The third-order valence-electron chi connectivity index (χ3n) is 4.09. The lowest BCUT2D eigenvalue weighted by atomic mass is 9.96. The summed E-state index contributed by atoms with van der Waals surface area (Å²) in [5.74, 6) is 0.234. The van der Waals surface area contributed by atoms with Crippen LogP contribution in [0.1, 0.15) is 23.3 Å². The molecule has 3 rings (SSSR count). The van der Waals surface area contributed by atoms with Gasteiger partial charge in [-0.25, -0.2) is 4.79 Å². The summed E-state index contributed by atoms with van der Waals surface area (Å²) in [6.07, 6.45) is 2.00. The van der Waals surface area contributed by atoms with E-state index in [4.69, 9.17) is 11.6 Å². The number of urea groups is 1. The molecule has 3 N–H and O–H groups in total. The summed E-state index contributed by atoms with van der Waals surface area (Å²) in [7, 11) is 0. The first-order valence-electron chi connectivity index (χ1n) is 7.60. The van der Waals surface area contributed by atoms with E-state index in [9.17, 15) is 9.90 Å². The van der Waals surface area contributed by atoms with Crippen LogP contribution in [0.15, 0.2) is 41.8 Å². The highest BCUT2D eigenvalue weighted by atomic mass is 35.5. The Bertz CT molecular complexity index is 656. The van der Waals surface area contributed by atoms with Crippen LogP contribution in [0, 0.1) is 5.92 Å². The highest BCUT2D eigenvalue weighted by molar-refractivity contribution is 7.10. The van der Waals surface area contributed by atoms with E-state index >= 15 is 0 Å². The lowest BCUT2D eigenvalue weighted by Crippen LogP contribution is -2.45. The van der Waals surface area contributed by atoms with Crippen LogP contribution in [0.2, 0.25) is 5.02 Å². The van der Waals surface area contributed by atoms with Gasteiger partial charge < -0.3 is 15.7 Å². The van der Waals surface area contributed by atoms with Gasteiger partial charge in [-0.15, -0.1) is 11.3 Å². The topological polar surface area (TPSA) is 61.4 Å². The molecule has 0 saturated heterocycles. The SMILES string of the molecule is O=C(NCc1ccc(Cl)cc1)NC[C@@](O)(c1cccs1)C1CC1. The first-order valence-corrected chi connectivity index (χ1v) is 8.86. The second-order valence-corrected chi connectivity index (χ2v) is 7.22. The summed E-state index contributed by atoms with van der Waals surface area (Å²) in [5.41, 5.74) is 0.0199. The molecule has 1 heterocycles. The number of thiophene rings is 1. The van der Waals surface area contributed by atoms with Crippen molar-refractivity contribution in [3.8, 4) is 0 Å². The van der Waals surface area contributed by atoms with Crippen LogP contribution >= 0.6 is 22.9 Å². The van der Waals surface area contributed by atoms with Crippen molar-refractivity contribution in [2.24, 2.45) is 5.92 Å². The fourth-order valence-corrected chi connectivity index (χ4v) is 3.61. The molecule has 0 unspecified atom stereocenters. The Hall–Kier alpha value is -1.56. The van der Waals surface area contributed by atoms with E-state index in [1.807, 2.05) is 29.6 Å². The molecule has 23 heavy (non-hydrogen) atoms. The van der Waals surface area contributed by atoms with Crippen molar-refractivity contribution < 1.29 is 9.90 Å². The number of carbonyl (C=O) groups excluding carboxylic acids is 1. The Morgan fingerprint density at radius 3 is 2.61 bits per heavy atom. The predicted molar refractivity (Wildman–Crippen MR) is 92.6 cm³/mol. The minimum absolute atomic E-state index is 0.227. The van der Waals surface area contributed by atoms with Crippen molar-refractivity contribution in [1.82, 2.24) is 10.6 Å². The number of benzene rings is 1. The van der Waals surface area contributed by atoms with Gasteiger partial charge in [0.2, 0.25) is 0 Å². The quantitative estimate of drug-likeness (QED) is 0.746. The minimum Gasteiger partial charge on any atom is -0.382 e. The van der Waals surface area contributed by atoms with Gasteiger partial charge in [-0.05, 0) is 47.9 Å². The molecule has 1 fully saturated rings. The zero-order valence-corrected chi connectivity index (χ0v) is 14.2. The first-order chi connectivity index (χ1) is 11.1. The van der Waals surface area contributed by atoms with Crippen LogP contribution in [-0.2, 0) is 12.1 Å². The maximum absolute atomic E-state index is 12.0. The van der Waals surface area contributed by atoms with Gasteiger partial charge >= 0.3 is 6.03 Å². The van der Waals surface area contributed by atoms with Crippen molar-refractivity contribution in [2.75, 3.05) is 6.54 Å². The van der Waals surface area contributed by atoms with Gasteiger partial charge in [-0.3, -0.25) is 0 Å². The first kappa shape index (κ1) is 16.3. The standard InChI is InChI=1S/C17H19ClN2O2S/c18-14-7-3-12(4-8-14)10-19-16(21)20-11-17(22,13-5-6-13)15-2-1-9-23-15/h1-4,7-9,13,22H,5-6,10-11H2,(H2,19,20,21)/t17-/m0/s1. The lowest BCUT2D eigenvalue weighted by molar-refractivity contribution is 0.0196. The summed E-state index contributed by atoms with van der Waals surface area (Å²) >= 11 is 7.36. The van der Waals surface area contributed by atoms with E-state index in [0.717, 1.165) is 23.3 Å². The van der Waals surface area contributed by atoms with Gasteiger partial charge in [-0.2, -0.15) is 0 Å². The van der Waals surface area contributed by atoms with E-state index < -0.39 is 5.60 Å². The average molecular weight is 351 g/mol. The van der Waals surface area contributed by atoms with Crippen molar-refractivity contribution in [3.05, 3.63) is 57.2 Å². The second-order valence-electron chi connectivity index (χ2n) is 5.84. The molecule has 0 radical (unpaired) electrons. The number of aliphatic hydroxyl groups is 1. The van der Waals surface area contributed by atoms with E-state index in [-0.39, 0.29) is 18.5 Å². The van der Waals surface area contributed by atoms with Crippen LogP contribution in [0.25, 0.3) is 0 Å². The zero-order chi connectivity index (χ0) is 16.3. The summed E-state index contributed by atoms with van der Waals surface area (Å²) < 4.78 is 0. The molecule has 0 spiro atoms. The second kappa shape index (κ2) is 6.91. The third kappa shape index (κ3) is 4.05. The lowest BCUT2D eigenvalue weighted by Gasteiger charge is -2.27. The molecular weight excluding hydrogens is 332 g/mol. The van der Waals surface area contributed by atoms with Crippen molar-refractivity contribution in [1.29, 1.82) is 0 Å². The molecule has 1 aromatic heterocycles. The van der Waals surface area contributed by atoms with Gasteiger partial charge in [0.05, 0.1) is 6.54 Å². The van der Waals surface area contributed by atoms with Gasteiger partial charge in [0.15, 0.2) is 0 Å². The smallest absolute Gasteiger partial charge is 0.315 e. The molecule has 1 atom stereocenters. The molecule has 2 aromatic rings. The van der Waals surface area contributed by atoms with Gasteiger partial charge in [0, 0.05) is 16.4 Å². The Morgan fingerprint density at radius 1 is 1.26 bits per heavy atom.